The van der Waals surface area contributed by atoms with Crippen molar-refractivity contribution in [3.05, 3.63) is 33.9 Å². The molecule has 1 fully saturated rings. The van der Waals surface area contributed by atoms with Crippen molar-refractivity contribution in [1.29, 1.82) is 5.41 Å². The van der Waals surface area contributed by atoms with Gasteiger partial charge in [0, 0.05) is 18.7 Å². The Hall–Kier alpha value is -2.48. The minimum atomic E-state index is -0.415. The number of hydrogen-bond donors (Lipinski definition) is 2. The van der Waals surface area contributed by atoms with Crippen LogP contribution in [0.1, 0.15) is 26.3 Å². The number of nitrogens with zero attached hydrogens (tertiary/aromatic N) is 3. The quantitative estimate of drug-likeness (QED) is 0.651. The van der Waals surface area contributed by atoms with Crippen LogP contribution >= 0.6 is 0 Å². The molecule has 2 aliphatic heterocycles. The van der Waals surface area contributed by atoms with Crippen LogP contribution in [-0.4, -0.2) is 48.7 Å². The van der Waals surface area contributed by atoms with Gasteiger partial charge in [0.15, 0.2) is 0 Å². The molecule has 1 aromatic carbocycles. The van der Waals surface area contributed by atoms with Crippen LogP contribution in [-0.2, 0) is 4.74 Å². The van der Waals surface area contributed by atoms with Gasteiger partial charge < -0.3 is 15.1 Å². The fourth-order valence-electron chi connectivity index (χ4n) is 2.60. The Bertz CT molecular complexity index is 670. The molecule has 2 heterocycles. The predicted molar refractivity (Wildman–Crippen MR) is 94.3 cm³/mol. The summed E-state index contributed by atoms with van der Waals surface area (Å²) in [5.74, 6) is 0. The van der Waals surface area contributed by atoms with Crippen molar-refractivity contribution >= 4 is 22.8 Å². The molecule has 24 heavy (non-hydrogen) atoms. The molecule has 3 rings (SSSR count). The standard InChI is InChI=1S/C14H17N5O3.C2H6/c1-8-13(17-16-9-6-22-7-9)12(15)10-4-3-5-11(19(20)21)14(10)18(8)2;1-2/h3-5,8-9,15-16H,6-7H2,1-2H3;1-2H3/b15-12?,17-13-;. The van der Waals surface area contributed by atoms with E-state index in [2.05, 4.69) is 10.5 Å². The number of benzene rings is 1. The summed E-state index contributed by atoms with van der Waals surface area (Å²) >= 11 is 0. The first-order valence-electron chi connectivity index (χ1n) is 8.01. The lowest BCUT2D eigenvalue weighted by Gasteiger charge is -2.35. The maximum atomic E-state index is 11.2. The lowest BCUT2D eigenvalue weighted by atomic mass is 9.92. The molecule has 2 N–H and O–H groups in total. The summed E-state index contributed by atoms with van der Waals surface area (Å²) in [7, 11) is 1.78. The number of fused-ring (bicyclic) bond motifs is 1. The monoisotopic (exact) mass is 333 g/mol. The van der Waals surface area contributed by atoms with E-state index in [0.29, 0.717) is 30.2 Å². The first-order valence-corrected chi connectivity index (χ1v) is 8.01. The Morgan fingerprint density at radius 1 is 1.42 bits per heavy atom. The number of hydrazone groups is 1. The van der Waals surface area contributed by atoms with Gasteiger partial charge in [-0.3, -0.25) is 15.5 Å². The smallest absolute Gasteiger partial charge is 0.293 e. The second-order valence-corrected chi connectivity index (χ2v) is 5.45. The Balaban J connectivity index is 0.00000100. The van der Waals surface area contributed by atoms with E-state index in [1.165, 1.54) is 6.07 Å². The van der Waals surface area contributed by atoms with E-state index < -0.39 is 4.92 Å². The van der Waals surface area contributed by atoms with Gasteiger partial charge in [-0.25, -0.2) is 0 Å². The van der Waals surface area contributed by atoms with E-state index in [9.17, 15) is 10.1 Å². The average molecular weight is 333 g/mol. The van der Waals surface area contributed by atoms with Gasteiger partial charge in [-0.1, -0.05) is 26.0 Å². The summed E-state index contributed by atoms with van der Waals surface area (Å²) in [5.41, 5.74) is 4.80. The third kappa shape index (κ3) is 3.09. The number of nitrogens with one attached hydrogen (secondary N) is 2. The fourth-order valence-corrected chi connectivity index (χ4v) is 2.60. The lowest BCUT2D eigenvalue weighted by Crippen LogP contribution is -2.49. The van der Waals surface area contributed by atoms with Crippen LogP contribution in [0.4, 0.5) is 11.4 Å². The Morgan fingerprint density at radius 3 is 2.62 bits per heavy atom. The average Bonchev–Trinajstić information content (AvgIpc) is 2.55. The number of para-hydroxylation sites is 1. The summed E-state index contributed by atoms with van der Waals surface area (Å²) in [5, 5.41) is 23.9. The van der Waals surface area contributed by atoms with Gasteiger partial charge in [-0.05, 0) is 6.92 Å². The van der Waals surface area contributed by atoms with Crippen LogP contribution in [0.25, 0.3) is 0 Å². The van der Waals surface area contributed by atoms with Crippen molar-refractivity contribution in [2.24, 2.45) is 5.10 Å². The van der Waals surface area contributed by atoms with Gasteiger partial charge in [0.1, 0.15) is 11.4 Å². The van der Waals surface area contributed by atoms with Crippen LogP contribution in [0.5, 0.6) is 0 Å². The zero-order chi connectivity index (χ0) is 17.9. The Kier molecular flexibility index (Phi) is 5.50. The minimum Gasteiger partial charge on any atom is -0.377 e. The van der Waals surface area contributed by atoms with Gasteiger partial charge in [-0.15, -0.1) is 0 Å². The van der Waals surface area contributed by atoms with E-state index in [-0.39, 0.29) is 23.5 Å². The topological polar surface area (TPSA) is 104 Å². The molecule has 2 aliphatic rings. The van der Waals surface area contributed by atoms with Gasteiger partial charge in [-0.2, -0.15) is 5.10 Å². The summed E-state index contributed by atoms with van der Waals surface area (Å²) in [6.07, 6.45) is 0. The molecule has 1 unspecified atom stereocenters. The van der Waals surface area contributed by atoms with Crippen LogP contribution < -0.4 is 10.3 Å². The highest BCUT2D eigenvalue weighted by Gasteiger charge is 2.35. The summed E-state index contributed by atoms with van der Waals surface area (Å²) < 4.78 is 5.08. The highest BCUT2D eigenvalue weighted by Crippen LogP contribution is 2.36. The lowest BCUT2D eigenvalue weighted by molar-refractivity contribution is -0.384. The second kappa shape index (κ2) is 7.39. The van der Waals surface area contributed by atoms with Gasteiger partial charge >= 0.3 is 0 Å². The molecule has 0 saturated carbocycles. The van der Waals surface area contributed by atoms with Crippen molar-refractivity contribution in [3.63, 3.8) is 0 Å². The first-order chi connectivity index (χ1) is 11.5. The molecule has 1 atom stereocenters. The van der Waals surface area contributed by atoms with Crippen molar-refractivity contribution in [2.75, 3.05) is 25.2 Å². The SMILES string of the molecule is CC.CC1/C(=N/NC2COC2)C(=N)c2cccc([N+](=O)[O-])c2N1C. The number of anilines is 1. The molecule has 0 aromatic heterocycles. The number of nitro benzene ring substituents is 1. The third-order valence-electron chi connectivity index (χ3n) is 4.07. The molecular formula is C16H23N5O3. The van der Waals surface area contributed by atoms with E-state index in [4.69, 9.17) is 10.1 Å². The summed E-state index contributed by atoms with van der Waals surface area (Å²) in [6, 6.07) is 4.72. The van der Waals surface area contributed by atoms with Crippen LogP contribution in [0.3, 0.4) is 0 Å². The third-order valence-corrected chi connectivity index (χ3v) is 4.07. The Morgan fingerprint density at radius 2 is 2.08 bits per heavy atom. The molecule has 1 aromatic rings. The van der Waals surface area contributed by atoms with E-state index in [1.54, 1.807) is 24.1 Å². The van der Waals surface area contributed by atoms with Crippen molar-refractivity contribution < 1.29 is 9.66 Å². The molecule has 0 amide bonds. The maximum absolute atomic E-state index is 11.2. The fraction of sp³-hybridized carbons (Fsp3) is 0.500. The number of hydrogen-bond acceptors (Lipinski definition) is 7. The summed E-state index contributed by atoms with van der Waals surface area (Å²) in [4.78, 5) is 12.6. The zero-order valence-electron chi connectivity index (χ0n) is 14.4. The molecule has 0 aliphatic carbocycles. The predicted octanol–water partition coefficient (Wildman–Crippen LogP) is 2.17. The van der Waals surface area contributed by atoms with Crippen molar-refractivity contribution in [3.8, 4) is 0 Å². The summed E-state index contributed by atoms with van der Waals surface area (Å²) in [6.45, 7) is 7.10. The largest absolute Gasteiger partial charge is 0.377 e. The molecule has 0 radical (unpaired) electrons. The van der Waals surface area contributed by atoms with Crippen LogP contribution in [0, 0.1) is 15.5 Å². The number of ether oxygens (including phenoxy) is 1. The second-order valence-electron chi connectivity index (χ2n) is 5.45. The van der Waals surface area contributed by atoms with Crippen LogP contribution in [0.2, 0.25) is 0 Å². The first kappa shape index (κ1) is 17.9. The molecule has 8 heteroatoms. The molecule has 0 spiro atoms. The van der Waals surface area contributed by atoms with Crippen LogP contribution in [0.15, 0.2) is 23.3 Å². The van der Waals surface area contributed by atoms with E-state index in [1.807, 2.05) is 20.8 Å². The minimum absolute atomic E-state index is 0.0102. The maximum Gasteiger partial charge on any atom is 0.293 e. The van der Waals surface area contributed by atoms with Gasteiger partial charge in [0.05, 0.1) is 35.9 Å². The molecular weight excluding hydrogens is 310 g/mol. The van der Waals surface area contributed by atoms with E-state index >= 15 is 0 Å². The normalized spacial score (nSPS) is 21.5. The Labute approximate surface area is 141 Å². The highest BCUT2D eigenvalue weighted by atomic mass is 16.6. The van der Waals surface area contributed by atoms with E-state index in [0.717, 1.165) is 0 Å². The zero-order valence-corrected chi connectivity index (χ0v) is 14.4. The van der Waals surface area contributed by atoms with Crippen molar-refractivity contribution in [2.45, 2.75) is 32.9 Å². The number of nitro groups is 1. The van der Waals surface area contributed by atoms with Crippen molar-refractivity contribution in [1.82, 2.24) is 5.43 Å². The van der Waals surface area contributed by atoms with Gasteiger partial charge in [0.2, 0.25) is 0 Å². The number of rotatable bonds is 3. The molecule has 1 saturated heterocycles. The molecule has 0 bridgehead atoms. The molecule has 8 nitrogen and oxygen atoms in total. The van der Waals surface area contributed by atoms with Gasteiger partial charge in [0.25, 0.3) is 5.69 Å². The highest BCUT2D eigenvalue weighted by molar-refractivity contribution is 6.51. The molecule has 130 valence electrons.